The molecule has 1 aromatic carbocycles. The molecule has 0 aliphatic heterocycles. The summed E-state index contributed by atoms with van der Waals surface area (Å²) in [6, 6.07) is 6.19. The molecule has 0 radical (unpaired) electrons. The molecule has 2 atom stereocenters. The van der Waals surface area contributed by atoms with E-state index in [-0.39, 0.29) is 22.8 Å². The Bertz CT molecular complexity index is 302. The average Bonchev–Trinajstić information content (AvgIpc) is 2.13. The normalized spacial score (nSPS) is 11.7. The summed E-state index contributed by atoms with van der Waals surface area (Å²) in [6.45, 7) is 6.39. The Kier molecular flexibility index (Phi) is 7.21. The number of benzene rings is 1. The van der Waals surface area contributed by atoms with Crippen LogP contribution in [0.5, 0.6) is 5.75 Å². The second-order valence-electron chi connectivity index (χ2n) is 3.64. The topological polar surface area (TPSA) is 9.23 Å². The standard InChI is InChI=1S/C12H19OP.BrH/c1-4-6-12(14)13-11-8-5-7-9(2)10(11)3;/h5,7-8,12H,4,6,14H2,1-3H3;1H. The summed E-state index contributed by atoms with van der Waals surface area (Å²) in [7, 11) is 2.74. The van der Waals surface area contributed by atoms with E-state index < -0.39 is 0 Å². The average molecular weight is 291 g/mol. The summed E-state index contributed by atoms with van der Waals surface area (Å²) in [5.41, 5.74) is 2.53. The van der Waals surface area contributed by atoms with Crippen LogP contribution in [0.3, 0.4) is 0 Å². The van der Waals surface area contributed by atoms with Gasteiger partial charge in [0, 0.05) is 0 Å². The molecule has 0 fully saturated rings. The lowest BCUT2D eigenvalue weighted by Crippen LogP contribution is -2.08. The summed E-state index contributed by atoms with van der Waals surface area (Å²) in [5, 5.41) is 0. The fourth-order valence-corrected chi connectivity index (χ4v) is 1.84. The highest BCUT2D eigenvalue weighted by Crippen LogP contribution is 2.24. The SMILES string of the molecule is Br.CCCC(P)Oc1cccc(C)c1C. The van der Waals surface area contributed by atoms with Crippen LogP contribution in [0, 0.1) is 13.8 Å². The molecule has 0 amide bonds. The number of ether oxygens (including phenoxy) is 1. The molecule has 86 valence electrons. The lowest BCUT2D eigenvalue weighted by atomic mass is 10.1. The van der Waals surface area contributed by atoms with E-state index in [1.165, 1.54) is 11.1 Å². The van der Waals surface area contributed by atoms with Crippen molar-refractivity contribution in [1.82, 2.24) is 0 Å². The van der Waals surface area contributed by atoms with E-state index in [1.54, 1.807) is 0 Å². The molecule has 0 aliphatic rings. The van der Waals surface area contributed by atoms with Gasteiger partial charge >= 0.3 is 0 Å². The number of halogens is 1. The van der Waals surface area contributed by atoms with Crippen molar-refractivity contribution in [3.8, 4) is 5.75 Å². The van der Waals surface area contributed by atoms with E-state index in [9.17, 15) is 0 Å². The van der Waals surface area contributed by atoms with Crippen molar-refractivity contribution in [2.24, 2.45) is 0 Å². The minimum absolute atomic E-state index is 0. The minimum atomic E-state index is 0. The van der Waals surface area contributed by atoms with Gasteiger partial charge in [-0.15, -0.1) is 17.0 Å². The Balaban J connectivity index is 0.00000196. The zero-order valence-corrected chi connectivity index (χ0v) is 12.5. The van der Waals surface area contributed by atoms with Crippen molar-refractivity contribution in [2.45, 2.75) is 39.5 Å². The molecule has 0 aliphatic carbocycles. The Morgan fingerprint density at radius 1 is 1.33 bits per heavy atom. The van der Waals surface area contributed by atoms with Crippen LogP contribution >= 0.6 is 26.2 Å². The van der Waals surface area contributed by atoms with Gasteiger partial charge in [0.15, 0.2) is 0 Å². The smallest absolute Gasteiger partial charge is 0.123 e. The van der Waals surface area contributed by atoms with Gasteiger partial charge in [-0.05, 0) is 37.5 Å². The summed E-state index contributed by atoms with van der Waals surface area (Å²) < 4.78 is 5.83. The Hall–Kier alpha value is -0.0700. The molecule has 0 saturated carbocycles. The third-order valence-electron chi connectivity index (χ3n) is 2.41. The molecule has 3 heteroatoms. The predicted octanol–water partition coefficient (Wildman–Crippen LogP) is 4.26. The summed E-state index contributed by atoms with van der Waals surface area (Å²) >= 11 is 0. The van der Waals surface area contributed by atoms with Crippen LogP contribution in [0.15, 0.2) is 18.2 Å². The maximum atomic E-state index is 5.83. The van der Waals surface area contributed by atoms with Crippen LogP contribution in [0.2, 0.25) is 0 Å². The third-order valence-corrected chi connectivity index (χ3v) is 2.88. The van der Waals surface area contributed by atoms with Crippen molar-refractivity contribution in [1.29, 1.82) is 0 Å². The van der Waals surface area contributed by atoms with E-state index in [0.29, 0.717) is 0 Å². The van der Waals surface area contributed by atoms with Crippen molar-refractivity contribution in [2.75, 3.05) is 0 Å². The van der Waals surface area contributed by atoms with E-state index in [0.717, 1.165) is 18.6 Å². The Morgan fingerprint density at radius 3 is 2.60 bits per heavy atom. The first kappa shape index (κ1) is 14.9. The summed E-state index contributed by atoms with van der Waals surface area (Å²) in [4.78, 5) is 0. The number of hydrogen-bond acceptors (Lipinski definition) is 1. The molecule has 1 aromatic rings. The molecule has 1 nitrogen and oxygen atoms in total. The van der Waals surface area contributed by atoms with E-state index in [2.05, 4.69) is 36.1 Å². The first-order chi connectivity index (χ1) is 6.65. The largest absolute Gasteiger partial charge is 0.486 e. The third kappa shape index (κ3) is 4.53. The lowest BCUT2D eigenvalue weighted by Gasteiger charge is -2.16. The first-order valence-electron chi connectivity index (χ1n) is 5.13. The van der Waals surface area contributed by atoms with Gasteiger partial charge in [0.1, 0.15) is 11.6 Å². The van der Waals surface area contributed by atoms with Crippen LogP contribution in [0.25, 0.3) is 0 Å². The van der Waals surface area contributed by atoms with Gasteiger partial charge < -0.3 is 4.74 Å². The molecule has 0 spiro atoms. The van der Waals surface area contributed by atoms with Gasteiger partial charge in [-0.1, -0.05) is 34.7 Å². The fourth-order valence-electron chi connectivity index (χ4n) is 1.36. The van der Waals surface area contributed by atoms with Gasteiger partial charge in [-0.3, -0.25) is 0 Å². The molecule has 0 aromatic heterocycles. The van der Waals surface area contributed by atoms with Crippen molar-refractivity contribution in [3.05, 3.63) is 29.3 Å². The van der Waals surface area contributed by atoms with Crippen LogP contribution in [-0.4, -0.2) is 5.85 Å². The highest BCUT2D eigenvalue weighted by atomic mass is 79.9. The lowest BCUT2D eigenvalue weighted by molar-refractivity contribution is 0.273. The molecule has 0 saturated heterocycles. The van der Waals surface area contributed by atoms with Crippen molar-refractivity contribution in [3.63, 3.8) is 0 Å². The summed E-state index contributed by atoms with van der Waals surface area (Å²) in [5.74, 6) is 1.25. The van der Waals surface area contributed by atoms with Crippen molar-refractivity contribution >= 4 is 26.2 Å². The highest BCUT2D eigenvalue weighted by Gasteiger charge is 2.06. The zero-order chi connectivity index (χ0) is 10.6. The van der Waals surface area contributed by atoms with E-state index in [1.807, 2.05) is 12.1 Å². The van der Waals surface area contributed by atoms with E-state index >= 15 is 0 Å². The quantitative estimate of drug-likeness (QED) is 0.753. The van der Waals surface area contributed by atoms with Gasteiger partial charge in [-0.25, -0.2) is 0 Å². The van der Waals surface area contributed by atoms with Crippen LogP contribution in [0.4, 0.5) is 0 Å². The van der Waals surface area contributed by atoms with Crippen LogP contribution < -0.4 is 4.74 Å². The number of rotatable bonds is 4. The molecule has 0 heterocycles. The second-order valence-corrected chi connectivity index (χ2v) is 4.39. The maximum absolute atomic E-state index is 5.83. The van der Waals surface area contributed by atoms with E-state index in [4.69, 9.17) is 4.74 Å². The number of aryl methyl sites for hydroxylation is 1. The van der Waals surface area contributed by atoms with Gasteiger partial charge in [0.2, 0.25) is 0 Å². The summed E-state index contributed by atoms with van der Waals surface area (Å²) in [6.07, 6.45) is 2.23. The number of hydrogen-bond donors (Lipinski definition) is 0. The second kappa shape index (κ2) is 7.24. The molecule has 2 unspecified atom stereocenters. The predicted molar refractivity (Wildman–Crippen MR) is 75.3 cm³/mol. The van der Waals surface area contributed by atoms with Crippen molar-refractivity contribution < 1.29 is 4.74 Å². The van der Waals surface area contributed by atoms with Crippen LogP contribution in [0.1, 0.15) is 30.9 Å². The Morgan fingerprint density at radius 2 is 2.00 bits per heavy atom. The molecule has 15 heavy (non-hydrogen) atoms. The molecule has 1 rings (SSSR count). The maximum Gasteiger partial charge on any atom is 0.123 e. The Labute approximate surface area is 106 Å². The minimum Gasteiger partial charge on any atom is -0.486 e. The van der Waals surface area contributed by atoms with Gasteiger partial charge in [-0.2, -0.15) is 0 Å². The zero-order valence-electron chi connectivity index (χ0n) is 9.62. The molecule has 0 bridgehead atoms. The fraction of sp³-hybridized carbons (Fsp3) is 0.500. The van der Waals surface area contributed by atoms with Gasteiger partial charge in [0.05, 0.1) is 0 Å². The monoisotopic (exact) mass is 290 g/mol. The highest BCUT2D eigenvalue weighted by molar-refractivity contribution is 8.93. The first-order valence-corrected chi connectivity index (χ1v) is 5.80. The molecular formula is C12H20BrOP. The van der Waals surface area contributed by atoms with Crippen LogP contribution in [-0.2, 0) is 0 Å². The molecule has 0 N–H and O–H groups in total. The molecular weight excluding hydrogens is 271 g/mol. The van der Waals surface area contributed by atoms with Gasteiger partial charge in [0.25, 0.3) is 0 Å².